The highest BCUT2D eigenvalue weighted by Gasteiger charge is 2.29. The fourth-order valence-electron chi connectivity index (χ4n) is 3.54. The van der Waals surface area contributed by atoms with E-state index in [-0.39, 0.29) is 16.7 Å². The van der Waals surface area contributed by atoms with E-state index in [0.29, 0.717) is 16.7 Å². The summed E-state index contributed by atoms with van der Waals surface area (Å²) in [6.07, 6.45) is 0.553. The largest absolute Gasteiger partial charge is 0.506 e. The van der Waals surface area contributed by atoms with Crippen molar-refractivity contribution in [2.75, 3.05) is 14.2 Å². The molecule has 0 fully saturated rings. The number of carbonyl (C=O) groups is 2. The lowest BCUT2D eigenvalue weighted by Gasteiger charge is -2.19. The van der Waals surface area contributed by atoms with Gasteiger partial charge in [-0.2, -0.15) is 0 Å². The predicted octanol–water partition coefficient (Wildman–Crippen LogP) is 0.735. The van der Waals surface area contributed by atoms with E-state index in [1.807, 2.05) is 0 Å². The van der Waals surface area contributed by atoms with Crippen molar-refractivity contribution < 1.29 is 24.2 Å². The number of ether oxygens (including phenoxy) is 2. The van der Waals surface area contributed by atoms with Gasteiger partial charge < -0.3 is 29.9 Å². The van der Waals surface area contributed by atoms with E-state index in [4.69, 9.17) is 10.5 Å². The van der Waals surface area contributed by atoms with Crippen LogP contribution in [0.2, 0.25) is 0 Å². The van der Waals surface area contributed by atoms with Gasteiger partial charge in [0, 0.05) is 37.2 Å². The smallest absolute Gasteiger partial charge is 0.343 e. The van der Waals surface area contributed by atoms with Gasteiger partial charge in [0.2, 0.25) is 5.91 Å². The molecule has 1 unspecified atom stereocenters. The zero-order chi connectivity index (χ0) is 22.9. The molecule has 2 heterocycles. The first-order chi connectivity index (χ1) is 14.7. The molecule has 0 aliphatic rings. The maximum Gasteiger partial charge on any atom is 0.343 e. The maximum absolute atomic E-state index is 13.2. The van der Waals surface area contributed by atoms with Crippen LogP contribution in [-0.4, -0.2) is 40.8 Å². The number of H-pyrrole nitrogens is 1. The summed E-state index contributed by atoms with van der Waals surface area (Å²) in [5.41, 5.74) is 4.09. The summed E-state index contributed by atoms with van der Waals surface area (Å²) < 4.78 is 11.1. The summed E-state index contributed by atoms with van der Waals surface area (Å²) in [5.74, 6) is -3.03. The van der Waals surface area contributed by atoms with E-state index in [1.54, 1.807) is 18.2 Å². The van der Waals surface area contributed by atoms with Crippen molar-refractivity contribution in [2.45, 2.75) is 12.3 Å². The van der Waals surface area contributed by atoms with Crippen molar-refractivity contribution in [1.82, 2.24) is 9.55 Å². The number of nitrogens with zero attached hydrogens (tertiary/aromatic N) is 1. The van der Waals surface area contributed by atoms with E-state index >= 15 is 0 Å². The third-order valence-electron chi connectivity index (χ3n) is 5.10. The molecule has 0 spiro atoms. The summed E-state index contributed by atoms with van der Waals surface area (Å²) >= 11 is 0. The molecule has 1 aromatic carbocycles. The highest BCUT2D eigenvalue weighted by molar-refractivity contribution is 5.92. The molecule has 1 amide bonds. The number of carbonyl (C=O) groups excluding carboxylic acids is 2. The lowest BCUT2D eigenvalue weighted by molar-refractivity contribution is -0.118. The number of primary amides is 1. The number of nitrogens with two attached hydrogens (primary N) is 1. The Morgan fingerprint density at radius 3 is 2.55 bits per heavy atom. The molecule has 0 aliphatic carbocycles. The number of methoxy groups -OCH3 is 2. The van der Waals surface area contributed by atoms with Crippen LogP contribution in [0.15, 0.2) is 40.1 Å². The van der Waals surface area contributed by atoms with E-state index in [9.17, 15) is 24.3 Å². The Morgan fingerprint density at radius 2 is 1.94 bits per heavy atom. The number of hydrogen-bond donors (Lipinski definition) is 3. The van der Waals surface area contributed by atoms with Crippen molar-refractivity contribution in [3.8, 4) is 11.5 Å². The van der Waals surface area contributed by atoms with Crippen LogP contribution in [0.4, 0.5) is 0 Å². The highest BCUT2D eigenvalue weighted by Crippen LogP contribution is 2.33. The van der Waals surface area contributed by atoms with Gasteiger partial charge in [0.25, 0.3) is 11.1 Å². The molecule has 1 atom stereocenters. The van der Waals surface area contributed by atoms with E-state index in [2.05, 4.69) is 9.72 Å². The first-order valence-corrected chi connectivity index (χ1v) is 9.18. The minimum absolute atomic E-state index is 0.0572. The summed E-state index contributed by atoms with van der Waals surface area (Å²) in [6, 6.07) is 6.61. The standard InChI is InChI=1S/C21H21N3O7/c1-24-15-7-11(30-2)5-4-10(15)6-13(20(24)28)12(8-16(22)25)17-18(26)14(21(29)31-3)9-23-19(17)27/h4-7,9,12H,8H2,1-3H3,(H2,22,25)(H2,23,26,27). The van der Waals surface area contributed by atoms with Gasteiger partial charge in [-0.1, -0.05) is 0 Å². The number of aryl methyl sites for hydroxylation is 1. The van der Waals surface area contributed by atoms with Crippen LogP contribution in [-0.2, 0) is 16.6 Å². The molecule has 10 nitrogen and oxygen atoms in total. The number of fused-ring (bicyclic) bond motifs is 1. The fourth-order valence-corrected chi connectivity index (χ4v) is 3.54. The number of aromatic amines is 1. The molecule has 4 N–H and O–H groups in total. The monoisotopic (exact) mass is 427 g/mol. The minimum Gasteiger partial charge on any atom is -0.506 e. The minimum atomic E-state index is -1.20. The van der Waals surface area contributed by atoms with Gasteiger partial charge in [-0.3, -0.25) is 14.4 Å². The SMILES string of the molecule is COC(=O)c1c[nH]c(=O)c(C(CC(N)=O)c2cc3ccc(OC)cc3n(C)c2=O)c1O. The first kappa shape index (κ1) is 21.6. The quantitative estimate of drug-likeness (QED) is 0.490. The molecule has 0 saturated carbocycles. The third kappa shape index (κ3) is 3.87. The van der Waals surface area contributed by atoms with Crippen LogP contribution in [0.3, 0.4) is 0 Å². The fraction of sp³-hybridized carbons (Fsp3) is 0.238. The van der Waals surface area contributed by atoms with Crippen LogP contribution in [0.25, 0.3) is 10.9 Å². The summed E-state index contributed by atoms with van der Waals surface area (Å²) in [6.45, 7) is 0. The first-order valence-electron chi connectivity index (χ1n) is 9.18. The maximum atomic E-state index is 13.2. The van der Waals surface area contributed by atoms with Gasteiger partial charge in [-0.05, 0) is 23.6 Å². The van der Waals surface area contributed by atoms with Crippen LogP contribution in [0, 0.1) is 0 Å². The number of hydrogen-bond acceptors (Lipinski definition) is 7. The van der Waals surface area contributed by atoms with E-state index < -0.39 is 41.1 Å². The highest BCUT2D eigenvalue weighted by atomic mass is 16.5. The number of aromatic nitrogens is 2. The molecular weight excluding hydrogens is 406 g/mol. The molecule has 3 rings (SSSR count). The molecule has 0 bridgehead atoms. The van der Waals surface area contributed by atoms with Crippen molar-refractivity contribution in [3.05, 3.63) is 67.9 Å². The number of benzene rings is 1. The molecule has 2 aromatic heterocycles. The number of nitrogens with one attached hydrogen (secondary N) is 1. The number of pyridine rings is 2. The Kier molecular flexibility index (Phi) is 5.82. The Morgan fingerprint density at radius 1 is 1.23 bits per heavy atom. The van der Waals surface area contributed by atoms with Crippen molar-refractivity contribution in [1.29, 1.82) is 0 Å². The van der Waals surface area contributed by atoms with Gasteiger partial charge in [-0.25, -0.2) is 4.79 Å². The zero-order valence-electron chi connectivity index (χ0n) is 17.1. The molecule has 10 heteroatoms. The number of esters is 1. The predicted molar refractivity (Wildman–Crippen MR) is 111 cm³/mol. The van der Waals surface area contributed by atoms with Gasteiger partial charge >= 0.3 is 5.97 Å². The molecule has 31 heavy (non-hydrogen) atoms. The second kappa shape index (κ2) is 8.34. The molecule has 0 radical (unpaired) electrons. The van der Waals surface area contributed by atoms with Gasteiger partial charge in [0.05, 0.1) is 25.3 Å². The Hall–Kier alpha value is -4.08. The Balaban J connectivity index is 2.34. The van der Waals surface area contributed by atoms with Crippen LogP contribution in [0.1, 0.15) is 33.8 Å². The Bertz CT molecular complexity index is 1310. The van der Waals surface area contributed by atoms with Crippen molar-refractivity contribution in [3.63, 3.8) is 0 Å². The second-order valence-corrected chi connectivity index (χ2v) is 6.90. The normalized spacial score (nSPS) is 11.8. The van der Waals surface area contributed by atoms with Crippen molar-refractivity contribution in [2.24, 2.45) is 12.8 Å². The average Bonchev–Trinajstić information content (AvgIpc) is 2.74. The molecule has 162 valence electrons. The number of aromatic hydroxyl groups is 1. The van der Waals surface area contributed by atoms with Crippen molar-refractivity contribution >= 4 is 22.8 Å². The van der Waals surface area contributed by atoms with E-state index in [1.165, 1.54) is 24.8 Å². The average molecular weight is 427 g/mol. The molecule has 0 aliphatic heterocycles. The summed E-state index contributed by atoms with van der Waals surface area (Å²) in [5, 5.41) is 11.3. The molecule has 3 aromatic rings. The van der Waals surface area contributed by atoms with Gasteiger partial charge in [0.15, 0.2) is 0 Å². The summed E-state index contributed by atoms with van der Waals surface area (Å²) in [7, 11) is 4.14. The number of amides is 1. The lowest BCUT2D eigenvalue weighted by Crippen LogP contribution is -2.30. The molecular formula is C21H21N3O7. The molecule has 0 saturated heterocycles. The van der Waals surface area contributed by atoms with Gasteiger partial charge in [0.1, 0.15) is 17.1 Å². The Labute approximate surface area is 175 Å². The lowest BCUT2D eigenvalue weighted by atomic mass is 9.87. The number of rotatable bonds is 6. The van der Waals surface area contributed by atoms with Crippen LogP contribution >= 0.6 is 0 Å². The second-order valence-electron chi connectivity index (χ2n) is 6.90. The van der Waals surface area contributed by atoms with Gasteiger partial charge in [-0.15, -0.1) is 0 Å². The third-order valence-corrected chi connectivity index (χ3v) is 5.10. The topological polar surface area (TPSA) is 154 Å². The zero-order valence-corrected chi connectivity index (χ0v) is 17.1. The summed E-state index contributed by atoms with van der Waals surface area (Å²) in [4.78, 5) is 51.9. The van der Waals surface area contributed by atoms with E-state index in [0.717, 1.165) is 13.3 Å². The van der Waals surface area contributed by atoms with Crippen LogP contribution < -0.4 is 21.6 Å². The van der Waals surface area contributed by atoms with Crippen LogP contribution in [0.5, 0.6) is 11.5 Å².